The van der Waals surface area contributed by atoms with Crippen LogP contribution in [-0.4, -0.2) is 35.6 Å². The van der Waals surface area contributed by atoms with E-state index in [1.54, 1.807) is 24.5 Å². The minimum Gasteiger partial charge on any atom is -0.478 e. The highest BCUT2D eigenvalue weighted by molar-refractivity contribution is 7.80. The van der Waals surface area contributed by atoms with Gasteiger partial charge in [0, 0.05) is 30.0 Å². The number of aromatic carboxylic acids is 1. The van der Waals surface area contributed by atoms with Crippen LogP contribution in [0.2, 0.25) is 0 Å². The normalized spacial score (nSPS) is 17.7. The molecule has 4 heterocycles. The van der Waals surface area contributed by atoms with Crippen molar-refractivity contribution < 1.29 is 9.90 Å². The average molecular weight is 456 g/mol. The van der Waals surface area contributed by atoms with Crippen LogP contribution in [0.3, 0.4) is 0 Å². The quantitative estimate of drug-likeness (QED) is 0.423. The molecule has 0 saturated carbocycles. The maximum Gasteiger partial charge on any atom is 0.335 e. The smallest absolute Gasteiger partial charge is 0.335 e. The zero-order valence-electron chi connectivity index (χ0n) is 17.6. The van der Waals surface area contributed by atoms with Crippen LogP contribution >= 0.6 is 12.2 Å². The van der Waals surface area contributed by atoms with Crippen LogP contribution in [-0.2, 0) is 6.54 Å². The van der Waals surface area contributed by atoms with Gasteiger partial charge in [0.05, 0.1) is 35.6 Å². The molecule has 1 fully saturated rings. The number of carboxylic acid groups (broad SMARTS) is 1. The lowest BCUT2D eigenvalue weighted by Crippen LogP contribution is -2.30. The van der Waals surface area contributed by atoms with E-state index in [-0.39, 0.29) is 17.6 Å². The summed E-state index contributed by atoms with van der Waals surface area (Å²) in [4.78, 5) is 22.5. The van der Waals surface area contributed by atoms with E-state index >= 15 is 0 Å². The summed E-state index contributed by atoms with van der Waals surface area (Å²) >= 11 is 5.76. The number of hydrogen-bond acceptors (Lipinski definition) is 4. The first-order valence-electron chi connectivity index (χ1n) is 10.5. The van der Waals surface area contributed by atoms with E-state index in [0.29, 0.717) is 11.7 Å². The minimum absolute atomic E-state index is 0.149. The van der Waals surface area contributed by atoms with Crippen LogP contribution in [0.1, 0.15) is 39.5 Å². The first kappa shape index (κ1) is 20.8. The third kappa shape index (κ3) is 4.08. The molecule has 0 spiro atoms. The van der Waals surface area contributed by atoms with Crippen molar-refractivity contribution >= 4 is 23.3 Å². The van der Waals surface area contributed by atoms with Gasteiger partial charge in [-0.05, 0) is 72.9 Å². The van der Waals surface area contributed by atoms with Crippen molar-refractivity contribution in [1.82, 2.24) is 24.8 Å². The summed E-state index contributed by atoms with van der Waals surface area (Å²) in [5, 5.41) is 13.3. The molecule has 164 valence electrons. The summed E-state index contributed by atoms with van der Waals surface area (Å²) < 4.78 is 2.06. The fourth-order valence-electron chi connectivity index (χ4n) is 4.20. The molecule has 0 aliphatic carbocycles. The fourth-order valence-corrected chi connectivity index (χ4v) is 4.50. The maximum absolute atomic E-state index is 11.3. The van der Waals surface area contributed by atoms with Crippen LogP contribution in [0, 0.1) is 0 Å². The average Bonchev–Trinajstić information content (AvgIpc) is 3.45. The Kier molecular flexibility index (Phi) is 5.58. The lowest BCUT2D eigenvalue weighted by Gasteiger charge is -2.28. The van der Waals surface area contributed by atoms with Gasteiger partial charge in [-0.1, -0.05) is 12.1 Å². The minimum atomic E-state index is -0.948. The number of pyridine rings is 2. The van der Waals surface area contributed by atoms with Crippen LogP contribution < -0.4 is 5.32 Å². The summed E-state index contributed by atoms with van der Waals surface area (Å²) in [7, 11) is 0. The fraction of sp³-hybridized carbons (Fsp3) is 0.120. The van der Waals surface area contributed by atoms with Gasteiger partial charge in [0.2, 0.25) is 0 Å². The van der Waals surface area contributed by atoms with E-state index in [4.69, 9.17) is 12.2 Å². The molecule has 5 rings (SSSR count). The summed E-state index contributed by atoms with van der Waals surface area (Å²) in [6.45, 7) is 0.545. The molecule has 4 aromatic rings. The SMILES string of the molecule is O=C(O)c1ccc(-n2cccc2[C@@H]2[C@H](c3ccccn3)NC(=S)N2Cc2ccccn2)cc1. The van der Waals surface area contributed by atoms with Crippen molar-refractivity contribution in [2.24, 2.45) is 0 Å². The number of nitrogens with zero attached hydrogens (tertiary/aromatic N) is 4. The second-order valence-corrected chi connectivity index (χ2v) is 8.12. The number of nitrogens with one attached hydrogen (secondary N) is 1. The highest BCUT2D eigenvalue weighted by Gasteiger charge is 2.41. The Morgan fingerprint density at radius 3 is 2.39 bits per heavy atom. The number of carboxylic acids is 1. The Balaban J connectivity index is 1.58. The highest BCUT2D eigenvalue weighted by atomic mass is 32.1. The van der Waals surface area contributed by atoms with Crippen LogP contribution in [0.5, 0.6) is 0 Å². The number of rotatable bonds is 6. The number of carbonyl (C=O) groups is 1. The van der Waals surface area contributed by atoms with Gasteiger partial charge in [0.1, 0.15) is 0 Å². The van der Waals surface area contributed by atoms with E-state index in [1.165, 1.54) is 0 Å². The Morgan fingerprint density at radius 2 is 1.73 bits per heavy atom. The van der Waals surface area contributed by atoms with Crippen molar-refractivity contribution in [3.05, 3.63) is 114 Å². The highest BCUT2D eigenvalue weighted by Crippen LogP contribution is 2.40. The molecule has 3 aromatic heterocycles. The van der Waals surface area contributed by atoms with E-state index < -0.39 is 5.97 Å². The van der Waals surface area contributed by atoms with E-state index in [1.807, 2.05) is 60.8 Å². The molecule has 2 N–H and O–H groups in total. The second-order valence-electron chi connectivity index (χ2n) is 7.73. The molecule has 0 radical (unpaired) electrons. The van der Waals surface area contributed by atoms with Gasteiger partial charge in [-0.2, -0.15) is 0 Å². The van der Waals surface area contributed by atoms with Crippen LogP contribution in [0.15, 0.2) is 91.4 Å². The Hall–Kier alpha value is -4.04. The summed E-state index contributed by atoms with van der Waals surface area (Å²) in [5.41, 5.74) is 3.94. The van der Waals surface area contributed by atoms with Crippen molar-refractivity contribution in [3.63, 3.8) is 0 Å². The molecule has 0 bridgehead atoms. The topological polar surface area (TPSA) is 83.3 Å². The van der Waals surface area contributed by atoms with E-state index in [2.05, 4.69) is 30.8 Å². The van der Waals surface area contributed by atoms with Gasteiger partial charge in [0.25, 0.3) is 0 Å². The molecule has 1 aliphatic heterocycles. The van der Waals surface area contributed by atoms with Gasteiger partial charge < -0.3 is 19.9 Å². The molecule has 8 heteroatoms. The molecule has 0 unspecified atom stereocenters. The number of thiocarbonyl (C=S) groups is 1. The lowest BCUT2D eigenvalue weighted by atomic mass is 10.0. The standard InChI is InChI=1S/C25H21N5O2S/c31-24(32)17-9-11-19(12-10-17)29-15-5-8-21(29)23-22(20-7-2-4-14-27-20)28-25(33)30(23)16-18-6-1-3-13-26-18/h1-15,22-23H,16H2,(H,28,33)(H,31,32)/t22-,23+/m0/s1. The van der Waals surface area contributed by atoms with Crippen molar-refractivity contribution in [2.75, 3.05) is 0 Å². The monoisotopic (exact) mass is 455 g/mol. The largest absolute Gasteiger partial charge is 0.478 e. The van der Waals surface area contributed by atoms with Gasteiger partial charge in [0.15, 0.2) is 5.11 Å². The molecule has 0 amide bonds. The number of hydrogen-bond donors (Lipinski definition) is 2. The van der Waals surface area contributed by atoms with Gasteiger partial charge in [-0.3, -0.25) is 9.97 Å². The third-order valence-electron chi connectivity index (χ3n) is 5.73. The zero-order chi connectivity index (χ0) is 22.8. The number of aromatic nitrogens is 3. The van der Waals surface area contributed by atoms with Gasteiger partial charge in [-0.15, -0.1) is 0 Å². The summed E-state index contributed by atoms with van der Waals surface area (Å²) in [6, 6.07) is 22.3. The maximum atomic E-state index is 11.3. The van der Waals surface area contributed by atoms with Gasteiger partial charge >= 0.3 is 5.97 Å². The summed E-state index contributed by atoms with van der Waals surface area (Å²) in [5.74, 6) is -0.948. The first-order valence-corrected chi connectivity index (χ1v) is 10.9. The Bertz CT molecular complexity index is 1280. The molecular formula is C25H21N5O2S. The Labute approximate surface area is 196 Å². The van der Waals surface area contributed by atoms with Crippen LogP contribution in [0.4, 0.5) is 0 Å². The Morgan fingerprint density at radius 1 is 0.970 bits per heavy atom. The zero-order valence-corrected chi connectivity index (χ0v) is 18.4. The molecule has 1 aromatic carbocycles. The van der Waals surface area contributed by atoms with Gasteiger partial charge in [-0.25, -0.2) is 4.79 Å². The molecule has 33 heavy (non-hydrogen) atoms. The van der Waals surface area contributed by atoms with Crippen molar-refractivity contribution in [1.29, 1.82) is 0 Å². The predicted octanol–water partition coefficient (Wildman–Crippen LogP) is 4.14. The lowest BCUT2D eigenvalue weighted by molar-refractivity contribution is 0.0697. The predicted molar refractivity (Wildman–Crippen MR) is 128 cm³/mol. The molecule has 2 atom stereocenters. The molecule has 1 aliphatic rings. The van der Waals surface area contributed by atoms with E-state index in [9.17, 15) is 9.90 Å². The first-order chi connectivity index (χ1) is 16.1. The second kappa shape index (κ2) is 8.84. The molecular weight excluding hydrogens is 434 g/mol. The molecule has 1 saturated heterocycles. The third-order valence-corrected chi connectivity index (χ3v) is 6.08. The van der Waals surface area contributed by atoms with E-state index in [0.717, 1.165) is 22.8 Å². The summed E-state index contributed by atoms with van der Waals surface area (Å²) in [6.07, 6.45) is 5.53. The van der Waals surface area contributed by atoms with Crippen LogP contribution in [0.25, 0.3) is 5.69 Å². The number of benzene rings is 1. The van der Waals surface area contributed by atoms with Crippen molar-refractivity contribution in [2.45, 2.75) is 18.6 Å². The van der Waals surface area contributed by atoms with Crippen molar-refractivity contribution in [3.8, 4) is 5.69 Å². The molecule has 7 nitrogen and oxygen atoms in total.